The van der Waals surface area contributed by atoms with Crippen molar-refractivity contribution < 1.29 is 4.79 Å². The van der Waals surface area contributed by atoms with Gasteiger partial charge in [0.1, 0.15) is 0 Å². The summed E-state index contributed by atoms with van der Waals surface area (Å²) in [5.41, 5.74) is 4.05. The van der Waals surface area contributed by atoms with Gasteiger partial charge in [0.25, 0.3) is 0 Å². The van der Waals surface area contributed by atoms with Crippen LogP contribution in [0.2, 0.25) is 0 Å². The Bertz CT molecular complexity index is 813. The van der Waals surface area contributed by atoms with E-state index in [1.165, 1.54) is 11.1 Å². The molecule has 0 saturated heterocycles. The molecule has 0 amide bonds. The number of aryl methyl sites for hydroxylation is 2. The lowest BCUT2D eigenvalue weighted by Crippen LogP contribution is -2.17. The van der Waals surface area contributed by atoms with Crippen molar-refractivity contribution in [3.05, 3.63) is 58.7 Å². The largest absolute Gasteiger partial charge is 0.297 e. The first-order chi connectivity index (χ1) is 11.9. The van der Waals surface area contributed by atoms with Crippen LogP contribution in [0, 0.1) is 31.1 Å². The first-order valence-electron chi connectivity index (χ1n) is 8.76. The average molecular weight is 333 g/mol. The Morgan fingerprint density at radius 3 is 2.28 bits per heavy atom. The van der Waals surface area contributed by atoms with Crippen molar-refractivity contribution in [1.82, 2.24) is 9.97 Å². The number of nitriles is 1. The smallest absolute Gasteiger partial charge is 0.164 e. The van der Waals surface area contributed by atoms with Gasteiger partial charge in [0.2, 0.25) is 0 Å². The molecule has 0 aliphatic heterocycles. The lowest BCUT2D eigenvalue weighted by molar-refractivity contribution is -0.120. The number of carbonyl (C=O) groups is 1. The molecule has 1 aromatic heterocycles. The second kappa shape index (κ2) is 6.76. The zero-order valence-electron chi connectivity index (χ0n) is 15.2. The molecule has 0 unspecified atom stereocenters. The van der Waals surface area contributed by atoms with Crippen LogP contribution in [0.1, 0.15) is 66.4 Å². The molecule has 0 bridgehead atoms. The van der Waals surface area contributed by atoms with Gasteiger partial charge in [0.15, 0.2) is 17.5 Å². The third kappa shape index (κ3) is 3.61. The van der Waals surface area contributed by atoms with E-state index < -0.39 is 5.92 Å². The quantitative estimate of drug-likeness (QED) is 0.822. The minimum Gasteiger partial charge on any atom is -0.297 e. The molecule has 1 heterocycles. The first-order valence-corrected chi connectivity index (χ1v) is 8.76. The Balaban J connectivity index is 1.76. The second-order valence-electron chi connectivity index (χ2n) is 7.24. The fourth-order valence-electron chi connectivity index (χ4n) is 3.35. The van der Waals surface area contributed by atoms with E-state index in [0.717, 1.165) is 17.8 Å². The van der Waals surface area contributed by atoms with Crippen LogP contribution >= 0.6 is 0 Å². The SMILES string of the molecule is Cc1cc(C)nc([C@H](C#N)C(=O)[C@H]2C[C@H]2c2ccc(C(C)C)cc2)n1. The maximum absolute atomic E-state index is 12.8. The third-order valence-electron chi connectivity index (χ3n) is 4.86. The van der Waals surface area contributed by atoms with E-state index in [-0.39, 0.29) is 17.6 Å². The molecule has 3 rings (SSSR count). The van der Waals surface area contributed by atoms with Gasteiger partial charge in [0, 0.05) is 17.3 Å². The normalized spacial score (nSPS) is 20.2. The fourth-order valence-corrected chi connectivity index (χ4v) is 3.35. The zero-order chi connectivity index (χ0) is 18.1. The van der Waals surface area contributed by atoms with E-state index in [1.54, 1.807) is 0 Å². The molecule has 1 aromatic carbocycles. The Morgan fingerprint density at radius 1 is 1.16 bits per heavy atom. The van der Waals surface area contributed by atoms with Crippen molar-refractivity contribution in [2.45, 2.75) is 51.9 Å². The molecule has 1 aliphatic carbocycles. The maximum atomic E-state index is 12.8. The standard InChI is InChI=1S/C21H23N3O/c1-12(2)15-5-7-16(8-6-15)17-10-18(17)20(25)19(11-22)21-23-13(3)9-14(4)24-21/h5-9,12,17-19H,10H2,1-4H3/t17-,18-,19+/m0/s1. The number of Topliss-reactive ketones (excluding diaryl/α,β-unsaturated/α-hetero) is 1. The first kappa shape index (κ1) is 17.3. The van der Waals surface area contributed by atoms with Crippen LogP contribution < -0.4 is 0 Å². The molecule has 2 aromatic rings. The molecule has 0 N–H and O–H groups in total. The Morgan fingerprint density at radius 2 is 1.76 bits per heavy atom. The molecule has 25 heavy (non-hydrogen) atoms. The highest BCUT2D eigenvalue weighted by Crippen LogP contribution is 2.50. The van der Waals surface area contributed by atoms with E-state index in [4.69, 9.17) is 0 Å². The number of benzene rings is 1. The van der Waals surface area contributed by atoms with Crippen LogP contribution in [0.5, 0.6) is 0 Å². The predicted octanol–water partition coefficient (Wildman–Crippen LogP) is 4.20. The number of hydrogen-bond acceptors (Lipinski definition) is 4. The van der Waals surface area contributed by atoms with E-state index in [1.807, 2.05) is 19.9 Å². The number of nitrogens with zero attached hydrogens (tertiary/aromatic N) is 3. The molecular weight excluding hydrogens is 310 g/mol. The monoisotopic (exact) mass is 333 g/mol. The summed E-state index contributed by atoms with van der Waals surface area (Å²) in [5, 5.41) is 9.51. The van der Waals surface area contributed by atoms with Gasteiger partial charge in [-0.2, -0.15) is 5.26 Å². The van der Waals surface area contributed by atoms with Crippen LogP contribution in [-0.2, 0) is 4.79 Å². The number of rotatable bonds is 5. The van der Waals surface area contributed by atoms with Gasteiger partial charge in [0.05, 0.1) is 6.07 Å². The highest BCUT2D eigenvalue weighted by molar-refractivity contribution is 5.92. The van der Waals surface area contributed by atoms with Crippen molar-refractivity contribution in [2.75, 3.05) is 0 Å². The van der Waals surface area contributed by atoms with E-state index >= 15 is 0 Å². The zero-order valence-corrected chi connectivity index (χ0v) is 15.2. The van der Waals surface area contributed by atoms with Crippen LogP contribution in [0.3, 0.4) is 0 Å². The van der Waals surface area contributed by atoms with E-state index in [9.17, 15) is 10.1 Å². The lowest BCUT2D eigenvalue weighted by Gasteiger charge is -2.09. The third-order valence-corrected chi connectivity index (χ3v) is 4.86. The topological polar surface area (TPSA) is 66.6 Å². The molecule has 1 saturated carbocycles. The summed E-state index contributed by atoms with van der Waals surface area (Å²) in [6.07, 6.45) is 0.808. The van der Waals surface area contributed by atoms with Crippen molar-refractivity contribution in [3.8, 4) is 6.07 Å². The van der Waals surface area contributed by atoms with Crippen LogP contribution in [0.25, 0.3) is 0 Å². The Labute approximate surface area is 148 Å². The number of ketones is 1. The van der Waals surface area contributed by atoms with Gasteiger partial charge in [-0.3, -0.25) is 4.79 Å². The summed E-state index contributed by atoms with van der Waals surface area (Å²) >= 11 is 0. The number of carbonyl (C=O) groups excluding carboxylic acids is 1. The maximum Gasteiger partial charge on any atom is 0.164 e. The van der Waals surface area contributed by atoms with E-state index in [2.05, 4.69) is 54.2 Å². The molecule has 4 heteroatoms. The summed E-state index contributed by atoms with van der Waals surface area (Å²) in [4.78, 5) is 21.4. The van der Waals surface area contributed by atoms with Gasteiger partial charge in [-0.15, -0.1) is 0 Å². The Kier molecular flexibility index (Phi) is 4.67. The fraction of sp³-hybridized carbons (Fsp3) is 0.429. The van der Waals surface area contributed by atoms with E-state index in [0.29, 0.717) is 11.7 Å². The van der Waals surface area contributed by atoms with Crippen LogP contribution in [0.4, 0.5) is 0 Å². The molecule has 1 aliphatic rings. The second-order valence-corrected chi connectivity index (χ2v) is 7.24. The molecule has 0 spiro atoms. The van der Waals surface area contributed by atoms with Crippen molar-refractivity contribution in [3.63, 3.8) is 0 Å². The summed E-state index contributed by atoms with van der Waals surface area (Å²) in [5.74, 6) is 0.0320. The highest BCUT2D eigenvalue weighted by atomic mass is 16.1. The van der Waals surface area contributed by atoms with Crippen molar-refractivity contribution in [1.29, 1.82) is 5.26 Å². The molecule has 3 atom stereocenters. The van der Waals surface area contributed by atoms with Gasteiger partial charge in [-0.05, 0) is 49.3 Å². The van der Waals surface area contributed by atoms with Gasteiger partial charge >= 0.3 is 0 Å². The van der Waals surface area contributed by atoms with Gasteiger partial charge in [-0.1, -0.05) is 38.1 Å². The summed E-state index contributed by atoms with van der Waals surface area (Å²) in [7, 11) is 0. The number of hydrogen-bond donors (Lipinski definition) is 0. The summed E-state index contributed by atoms with van der Waals surface area (Å²) < 4.78 is 0. The summed E-state index contributed by atoms with van der Waals surface area (Å²) in [6.45, 7) is 8.04. The molecule has 128 valence electrons. The van der Waals surface area contributed by atoms with Crippen molar-refractivity contribution >= 4 is 5.78 Å². The molecule has 0 radical (unpaired) electrons. The average Bonchev–Trinajstić information content (AvgIpc) is 3.35. The lowest BCUT2D eigenvalue weighted by atomic mass is 9.96. The van der Waals surface area contributed by atoms with Crippen LogP contribution in [0.15, 0.2) is 30.3 Å². The minimum atomic E-state index is -0.872. The molecule has 4 nitrogen and oxygen atoms in total. The molecular formula is C21H23N3O. The number of aromatic nitrogens is 2. The van der Waals surface area contributed by atoms with Gasteiger partial charge < -0.3 is 0 Å². The summed E-state index contributed by atoms with van der Waals surface area (Å²) in [6, 6.07) is 12.5. The van der Waals surface area contributed by atoms with Gasteiger partial charge in [-0.25, -0.2) is 9.97 Å². The van der Waals surface area contributed by atoms with Crippen molar-refractivity contribution in [2.24, 2.45) is 5.92 Å². The van der Waals surface area contributed by atoms with Crippen LogP contribution in [-0.4, -0.2) is 15.8 Å². The predicted molar refractivity (Wildman–Crippen MR) is 96.2 cm³/mol. The highest BCUT2D eigenvalue weighted by Gasteiger charge is 2.47. The Hall–Kier alpha value is -2.54. The molecule has 1 fully saturated rings. The minimum absolute atomic E-state index is 0.0505.